The molecule has 1 aromatic carbocycles. The van der Waals surface area contributed by atoms with Crippen LogP contribution in [0.15, 0.2) is 30.3 Å². The molecule has 0 saturated carbocycles. The van der Waals surface area contributed by atoms with Crippen LogP contribution in [0.1, 0.15) is 11.6 Å². The largest absolute Gasteiger partial charge is 0.369 e. The van der Waals surface area contributed by atoms with Crippen LogP contribution >= 0.6 is 0 Å². The Morgan fingerprint density at radius 1 is 1.35 bits per heavy atom. The first-order valence-corrected chi connectivity index (χ1v) is 5.92. The van der Waals surface area contributed by atoms with Crippen molar-refractivity contribution in [2.75, 3.05) is 33.2 Å². The Hall–Kier alpha value is -1.39. The van der Waals surface area contributed by atoms with Gasteiger partial charge in [-0.3, -0.25) is 9.69 Å². The highest BCUT2D eigenvalue weighted by Crippen LogP contribution is 2.24. The highest BCUT2D eigenvalue weighted by Gasteiger charge is 2.27. The molecule has 1 aliphatic heterocycles. The lowest BCUT2D eigenvalue weighted by atomic mass is 10.0. The van der Waals surface area contributed by atoms with E-state index in [0.29, 0.717) is 6.54 Å². The van der Waals surface area contributed by atoms with E-state index in [1.165, 1.54) is 5.56 Å². The van der Waals surface area contributed by atoms with E-state index in [2.05, 4.69) is 29.0 Å². The first-order chi connectivity index (χ1) is 8.16. The van der Waals surface area contributed by atoms with Gasteiger partial charge in [-0.25, -0.2) is 0 Å². The summed E-state index contributed by atoms with van der Waals surface area (Å²) in [7, 11) is 2.11. The number of hydrogen-bond donors (Lipinski definition) is 1. The van der Waals surface area contributed by atoms with E-state index < -0.39 is 0 Å². The molecule has 0 aromatic heterocycles. The smallest absolute Gasteiger partial charge is 0.231 e. The minimum absolute atomic E-state index is 0.254. The van der Waals surface area contributed by atoms with Crippen LogP contribution in [0.25, 0.3) is 0 Å². The SMILES string of the molecule is CN1CCN(CC(N)=O)C(c2ccccc2)C1. The van der Waals surface area contributed by atoms with Crippen molar-refractivity contribution in [3.05, 3.63) is 35.9 Å². The molecule has 1 saturated heterocycles. The molecule has 92 valence electrons. The number of primary amides is 1. The van der Waals surface area contributed by atoms with Gasteiger partial charge in [-0.15, -0.1) is 0 Å². The predicted octanol–water partition coefficient (Wildman–Crippen LogP) is 0.460. The number of benzene rings is 1. The van der Waals surface area contributed by atoms with E-state index in [1.807, 2.05) is 18.2 Å². The van der Waals surface area contributed by atoms with Gasteiger partial charge in [0.25, 0.3) is 0 Å². The zero-order valence-electron chi connectivity index (χ0n) is 10.2. The molecule has 1 atom stereocenters. The van der Waals surface area contributed by atoms with Crippen molar-refractivity contribution in [1.29, 1.82) is 0 Å². The molecule has 2 N–H and O–H groups in total. The van der Waals surface area contributed by atoms with Crippen LogP contribution in [-0.2, 0) is 4.79 Å². The topological polar surface area (TPSA) is 49.6 Å². The zero-order valence-corrected chi connectivity index (χ0v) is 10.2. The molecule has 1 amide bonds. The molecule has 0 bridgehead atoms. The van der Waals surface area contributed by atoms with Gasteiger partial charge >= 0.3 is 0 Å². The van der Waals surface area contributed by atoms with Crippen LogP contribution < -0.4 is 5.73 Å². The van der Waals surface area contributed by atoms with Crippen LogP contribution in [0, 0.1) is 0 Å². The maximum Gasteiger partial charge on any atom is 0.231 e. The molecule has 1 aromatic rings. The van der Waals surface area contributed by atoms with Crippen LogP contribution in [0.5, 0.6) is 0 Å². The Morgan fingerprint density at radius 3 is 2.71 bits per heavy atom. The fraction of sp³-hybridized carbons (Fsp3) is 0.462. The lowest BCUT2D eigenvalue weighted by molar-refractivity contribution is -0.120. The van der Waals surface area contributed by atoms with Crippen molar-refractivity contribution < 1.29 is 4.79 Å². The number of piperazine rings is 1. The quantitative estimate of drug-likeness (QED) is 0.825. The summed E-state index contributed by atoms with van der Waals surface area (Å²) >= 11 is 0. The van der Waals surface area contributed by atoms with Gasteiger partial charge in [-0.2, -0.15) is 0 Å². The van der Waals surface area contributed by atoms with Gasteiger partial charge < -0.3 is 10.6 Å². The average Bonchev–Trinajstić information content (AvgIpc) is 2.32. The van der Waals surface area contributed by atoms with Crippen molar-refractivity contribution in [2.45, 2.75) is 6.04 Å². The third kappa shape index (κ3) is 3.05. The third-order valence-corrected chi connectivity index (χ3v) is 3.24. The van der Waals surface area contributed by atoms with Crippen molar-refractivity contribution in [3.63, 3.8) is 0 Å². The Balaban J connectivity index is 2.17. The lowest BCUT2D eigenvalue weighted by Gasteiger charge is -2.39. The monoisotopic (exact) mass is 233 g/mol. The number of nitrogens with two attached hydrogens (primary N) is 1. The van der Waals surface area contributed by atoms with Crippen molar-refractivity contribution in [1.82, 2.24) is 9.80 Å². The minimum Gasteiger partial charge on any atom is -0.369 e. The molecule has 0 radical (unpaired) electrons. The van der Waals surface area contributed by atoms with Crippen LogP contribution in [0.4, 0.5) is 0 Å². The number of carbonyl (C=O) groups is 1. The summed E-state index contributed by atoms with van der Waals surface area (Å²) in [6, 6.07) is 10.6. The summed E-state index contributed by atoms with van der Waals surface area (Å²) in [5.74, 6) is -0.254. The number of nitrogens with zero attached hydrogens (tertiary/aromatic N) is 2. The molecule has 0 spiro atoms. The molecule has 4 nitrogen and oxygen atoms in total. The van der Waals surface area contributed by atoms with Crippen LogP contribution in [-0.4, -0.2) is 48.9 Å². The zero-order chi connectivity index (χ0) is 12.3. The molecule has 4 heteroatoms. The second-order valence-electron chi connectivity index (χ2n) is 4.63. The van der Waals surface area contributed by atoms with E-state index in [4.69, 9.17) is 5.73 Å². The highest BCUT2D eigenvalue weighted by molar-refractivity contribution is 5.76. The molecule has 1 fully saturated rings. The lowest BCUT2D eigenvalue weighted by Crippen LogP contribution is -2.49. The number of likely N-dealkylation sites (N-methyl/N-ethyl adjacent to an activating group) is 1. The summed E-state index contributed by atoms with van der Waals surface area (Å²) in [6.07, 6.45) is 0. The van der Waals surface area contributed by atoms with E-state index >= 15 is 0 Å². The molecular formula is C13H19N3O. The maximum absolute atomic E-state index is 11.1. The second-order valence-corrected chi connectivity index (χ2v) is 4.63. The van der Waals surface area contributed by atoms with Gasteiger partial charge in [0.15, 0.2) is 0 Å². The average molecular weight is 233 g/mol. The van der Waals surface area contributed by atoms with Gasteiger partial charge in [-0.1, -0.05) is 30.3 Å². The first kappa shape index (κ1) is 12.1. The Bertz CT molecular complexity index is 380. The van der Waals surface area contributed by atoms with E-state index in [0.717, 1.165) is 19.6 Å². The summed E-state index contributed by atoms with van der Waals surface area (Å²) in [5, 5.41) is 0. The molecule has 17 heavy (non-hydrogen) atoms. The molecule has 0 aliphatic carbocycles. The number of rotatable bonds is 3. The summed E-state index contributed by atoms with van der Waals surface area (Å²) in [5.41, 5.74) is 6.55. The highest BCUT2D eigenvalue weighted by atomic mass is 16.1. The molecule has 1 aliphatic rings. The van der Waals surface area contributed by atoms with Gasteiger partial charge in [0.2, 0.25) is 5.91 Å². The Kier molecular flexibility index (Phi) is 3.76. The molecule has 2 rings (SSSR count). The second kappa shape index (κ2) is 5.29. The summed E-state index contributed by atoms with van der Waals surface area (Å²) in [4.78, 5) is 15.5. The van der Waals surface area contributed by atoms with Crippen molar-refractivity contribution in [3.8, 4) is 0 Å². The standard InChI is InChI=1S/C13H19N3O/c1-15-7-8-16(10-13(14)17)12(9-15)11-5-3-2-4-6-11/h2-6,12H,7-10H2,1H3,(H2,14,17). The molecule has 1 unspecified atom stereocenters. The minimum atomic E-state index is -0.254. The summed E-state index contributed by atoms with van der Waals surface area (Å²) < 4.78 is 0. The van der Waals surface area contributed by atoms with Crippen molar-refractivity contribution in [2.24, 2.45) is 5.73 Å². The Morgan fingerprint density at radius 2 is 2.06 bits per heavy atom. The third-order valence-electron chi connectivity index (χ3n) is 3.24. The van der Waals surface area contributed by atoms with Crippen molar-refractivity contribution >= 4 is 5.91 Å². The fourth-order valence-electron chi connectivity index (χ4n) is 2.34. The first-order valence-electron chi connectivity index (χ1n) is 5.92. The Labute approximate surface area is 102 Å². The van der Waals surface area contributed by atoms with Gasteiger partial charge in [0, 0.05) is 25.7 Å². The number of carbonyl (C=O) groups excluding carboxylic acids is 1. The predicted molar refractivity (Wildman–Crippen MR) is 67.4 cm³/mol. The van der Waals surface area contributed by atoms with Crippen LogP contribution in [0.2, 0.25) is 0 Å². The number of amides is 1. The van der Waals surface area contributed by atoms with Gasteiger partial charge in [-0.05, 0) is 12.6 Å². The number of hydrogen-bond acceptors (Lipinski definition) is 3. The maximum atomic E-state index is 11.1. The fourth-order valence-corrected chi connectivity index (χ4v) is 2.34. The van der Waals surface area contributed by atoms with E-state index in [1.54, 1.807) is 0 Å². The van der Waals surface area contributed by atoms with Gasteiger partial charge in [0.05, 0.1) is 6.54 Å². The summed E-state index contributed by atoms with van der Waals surface area (Å²) in [6.45, 7) is 3.15. The van der Waals surface area contributed by atoms with Gasteiger partial charge in [0.1, 0.15) is 0 Å². The van der Waals surface area contributed by atoms with E-state index in [-0.39, 0.29) is 11.9 Å². The van der Waals surface area contributed by atoms with E-state index in [9.17, 15) is 4.79 Å². The molecule has 1 heterocycles. The van der Waals surface area contributed by atoms with Crippen LogP contribution in [0.3, 0.4) is 0 Å². The molecular weight excluding hydrogens is 214 g/mol. The normalized spacial score (nSPS) is 22.5.